The van der Waals surface area contributed by atoms with Gasteiger partial charge in [-0.2, -0.15) is 5.10 Å². The monoisotopic (exact) mass is 369 g/mol. The van der Waals surface area contributed by atoms with Crippen LogP contribution in [0.15, 0.2) is 36.9 Å². The number of amides is 1. The Balaban J connectivity index is 1.47. The number of hydrogen-bond donors (Lipinski definition) is 2. The van der Waals surface area contributed by atoms with Gasteiger partial charge in [0, 0.05) is 30.9 Å². The molecule has 1 aromatic carbocycles. The van der Waals surface area contributed by atoms with Crippen molar-refractivity contribution >= 4 is 5.91 Å². The molecule has 0 bridgehead atoms. The van der Waals surface area contributed by atoms with Crippen LogP contribution < -0.4 is 5.32 Å². The third-order valence-corrected chi connectivity index (χ3v) is 4.70. The number of aromatic amines is 1. The minimum absolute atomic E-state index is 0.0291. The van der Waals surface area contributed by atoms with Gasteiger partial charge in [-0.25, -0.2) is 9.37 Å². The standard InChI is InChI=1S/C19H20FN5O2/c1-11-7-14-17(12(2)27-11)23-24-18(14)19(26)22-9-13-3-4-16(15(20)8-13)25-6-5-21-10-25/h3-6,8,10-12H,7,9H2,1-2H3,(H,22,26)(H,23,24)/t11-,12+/m1/s1. The average Bonchev–Trinajstić information content (AvgIpc) is 3.29. The zero-order chi connectivity index (χ0) is 19.0. The molecule has 140 valence electrons. The minimum Gasteiger partial charge on any atom is -0.369 e. The molecule has 0 spiro atoms. The average molecular weight is 369 g/mol. The second-order valence-electron chi connectivity index (χ2n) is 6.70. The molecule has 0 radical (unpaired) electrons. The van der Waals surface area contributed by atoms with Crippen molar-refractivity contribution in [3.8, 4) is 5.69 Å². The summed E-state index contributed by atoms with van der Waals surface area (Å²) >= 11 is 0. The summed E-state index contributed by atoms with van der Waals surface area (Å²) in [6.07, 6.45) is 5.33. The number of hydrogen-bond acceptors (Lipinski definition) is 4. The molecule has 0 saturated heterocycles. The molecule has 1 amide bonds. The summed E-state index contributed by atoms with van der Waals surface area (Å²) in [7, 11) is 0. The summed E-state index contributed by atoms with van der Waals surface area (Å²) in [5.41, 5.74) is 3.18. The molecular formula is C19H20FN5O2. The highest BCUT2D eigenvalue weighted by Gasteiger charge is 2.29. The maximum Gasteiger partial charge on any atom is 0.272 e. The van der Waals surface area contributed by atoms with Gasteiger partial charge in [0.1, 0.15) is 5.82 Å². The lowest BCUT2D eigenvalue weighted by atomic mass is 9.99. The molecule has 3 aromatic rings. The summed E-state index contributed by atoms with van der Waals surface area (Å²) in [6, 6.07) is 4.85. The molecule has 2 aromatic heterocycles. The van der Waals surface area contributed by atoms with E-state index in [4.69, 9.17) is 4.74 Å². The summed E-state index contributed by atoms with van der Waals surface area (Å²) < 4.78 is 21.7. The summed E-state index contributed by atoms with van der Waals surface area (Å²) in [6.45, 7) is 4.11. The summed E-state index contributed by atoms with van der Waals surface area (Å²) in [5.74, 6) is -0.662. The van der Waals surface area contributed by atoms with Crippen LogP contribution in [0.3, 0.4) is 0 Å². The van der Waals surface area contributed by atoms with E-state index in [-0.39, 0.29) is 30.5 Å². The first-order valence-electron chi connectivity index (χ1n) is 8.80. The Labute approximate surface area is 155 Å². The van der Waals surface area contributed by atoms with Crippen LogP contribution in [0.2, 0.25) is 0 Å². The first-order chi connectivity index (χ1) is 13.0. The number of carbonyl (C=O) groups is 1. The first kappa shape index (κ1) is 17.4. The van der Waals surface area contributed by atoms with E-state index in [1.165, 1.54) is 12.4 Å². The smallest absolute Gasteiger partial charge is 0.272 e. The molecule has 8 heteroatoms. The molecule has 1 aliphatic heterocycles. The van der Waals surface area contributed by atoms with Crippen LogP contribution in [-0.2, 0) is 17.7 Å². The second kappa shape index (κ2) is 6.96. The summed E-state index contributed by atoms with van der Waals surface area (Å²) in [5, 5.41) is 9.88. The normalized spacial score (nSPS) is 18.9. The number of halogens is 1. The van der Waals surface area contributed by atoms with Crippen LogP contribution in [0.25, 0.3) is 5.69 Å². The third kappa shape index (κ3) is 3.35. The Morgan fingerprint density at radius 2 is 2.30 bits per heavy atom. The van der Waals surface area contributed by atoms with Gasteiger partial charge in [0.15, 0.2) is 5.69 Å². The molecule has 2 N–H and O–H groups in total. The van der Waals surface area contributed by atoms with Gasteiger partial charge in [0.2, 0.25) is 0 Å². The van der Waals surface area contributed by atoms with E-state index in [1.807, 2.05) is 13.8 Å². The molecule has 2 atom stereocenters. The highest BCUT2D eigenvalue weighted by atomic mass is 19.1. The van der Waals surface area contributed by atoms with Crippen molar-refractivity contribution < 1.29 is 13.9 Å². The van der Waals surface area contributed by atoms with Gasteiger partial charge in [0.05, 0.1) is 29.9 Å². The largest absolute Gasteiger partial charge is 0.369 e. The zero-order valence-electron chi connectivity index (χ0n) is 15.1. The lowest BCUT2D eigenvalue weighted by Crippen LogP contribution is -2.27. The molecule has 1 aliphatic rings. The fraction of sp³-hybridized carbons (Fsp3) is 0.316. The maximum atomic E-state index is 14.3. The van der Waals surface area contributed by atoms with E-state index < -0.39 is 0 Å². The van der Waals surface area contributed by atoms with Crippen molar-refractivity contribution in [2.75, 3.05) is 0 Å². The minimum atomic E-state index is -0.378. The van der Waals surface area contributed by atoms with E-state index in [0.29, 0.717) is 23.4 Å². The Morgan fingerprint density at radius 3 is 3.04 bits per heavy atom. The number of benzene rings is 1. The highest BCUT2D eigenvalue weighted by molar-refractivity contribution is 5.94. The number of nitrogens with zero attached hydrogens (tertiary/aromatic N) is 3. The SMILES string of the molecule is C[C@@H]1Cc2c(C(=O)NCc3ccc(-n4ccnc4)c(F)c3)n[nH]c2[C@H](C)O1. The van der Waals surface area contributed by atoms with Gasteiger partial charge in [-0.05, 0) is 31.5 Å². The maximum absolute atomic E-state index is 14.3. The van der Waals surface area contributed by atoms with Gasteiger partial charge in [-0.15, -0.1) is 0 Å². The Bertz CT molecular complexity index is 967. The van der Waals surface area contributed by atoms with Gasteiger partial charge in [-0.1, -0.05) is 6.07 Å². The predicted molar refractivity (Wildman–Crippen MR) is 95.9 cm³/mol. The lowest BCUT2D eigenvalue weighted by molar-refractivity contribution is -0.00697. The lowest BCUT2D eigenvalue weighted by Gasteiger charge is -2.25. The number of fused-ring (bicyclic) bond motifs is 1. The third-order valence-electron chi connectivity index (χ3n) is 4.70. The van der Waals surface area contributed by atoms with Crippen molar-refractivity contribution in [1.82, 2.24) is 25.1 Å². The van der Waals surface area contributed by atoms with Gasteiger partial charge in [-0.3, -0.25) is 9.89 Å². The number of imidazole rings is 1. The number of rotatable bonds is 4. The van der Waals surface area contributed by atoms with Gasteiger partial charge < -0.3 is 14.6 Å². The van der Waals surface area contributed by atoms with Crippen molar-refractivity contribution in [2.45, 2.75) is 39.0 Å². The highest BCUT2D eigenvalue weighted by Crippen LogP contribution is 2.30. The zero-order valence-corrected chi connectivity index (χ0v) is 15.1. The summed E-state index contributed by atoms with van der Waals surface area (Å²) in [4.78, 5) is 16.5. The van der Waals surface area contributed by atoms with Crippen molar-refractivity contribution in [1.29, 1.82) is 0 Å². The first-order valence-corrected chi connectivity index (χ1v) is 8.80. The van der Waals surface area contributed by atoms with E-state index >= 15 is 0 Å². The molecule has 0 aliphatic carbocycles. The number of aromatic nitrogens is 4. The van der Waals surface area contributed by atoms with E-state index in [1.54, 1.807) is 29.1 Å². The van der Waals surface area contributed by atoms with Crippen LogP contribution in [0, 0.1) is 5.82 Å². The number of H-pyrrole nitrogens is 1. The van der Waals surface area contributed by atoms with Crippen molar-refractivity contribution in [3.05, 3.63) is 65.3 Å². The number of nitrogens with one attached hydrogen (secondary N) is 2. The Kier molecular flexibility index (Phi) is 4.49. The van der Waals surface area contributed by atoms with Crippen LogP contribution in [-0.4, -0.2) is 31.8 Å². The van der Waals surface area contributed by atoms with E-state index in [0.717, 1.165) is 11.3 Å². The molecule has 7 nitrogen and oxygen atoms in total. The topological polar surface area (TPSA) is 84.8 Å². The van der Waals surface area contributed by atoms with Crippen molar-refractivity contribution in [3.63, 3.8) is 0 Å². The van der Waals surface area contributed by atoms with Crippen LogP contribution >= 0.6 is 0 Å². The van der Waals surface area contributed by atoms with Crippen LogP contribution in [0.1, 0.15) is 47.3 Å². The van der Waals surface area contributed by atoms with Crippen molar-refractivity contribution in [2.24, 2.45) is 0 Å². The molecule has 4 rings (SSSR count). The van der Waals surface area contributed by atoms with Gasteiger partial charge >= 0.3 is 0 Å². The van der Waals surface area contributed by atoms with Gasteiger partial charge in [0.25, 0.3) is 5.91 Å². The molecule has 0 fully saturated rings. The quantitative estimate of drug-likeness (QED) is 0.740. The fourth-order valence-electron chi connectivity index (χ4n) is 3.40. The number of ether oxygens (including phenoxy) is 1. The fourth-order valence-corrected chi connectivity index (χ4v) is 3.40. The molecule has 0 saturated carbocycles. The Hall–Kier alpha value is -3.00. The predicted octanol–water partition coefficient (Wildman–Crippen LogP) is 2.69. The Morgan fingerprint density at radius 1 is 1.44 bits per heavy atom. The molecule has 3 heterocycles. The van der Waals surface area contributed by atoms with E-state index in [9.17, 15) is 9.18 Å². The molecular weight excluding hydrogens is 349 g/mol. The number of carbonyl (C=O) groups excluding carboxylic acids is 1. The second-order valence-corrected chi connectivity index (χ2v) is 6.70. The van der Waals surface area contributed by atoms with Crippen LogP contribution in [0.4, 0.5) is 4.39 Å². The van der Waals surface area contributed by atoms with E-state index in [2.05, 4.69) is 20.5 Å². The van der Waals surface area contributed by atoms with Crippen LogP contribution in [0.5, 0.6) is 0 Å². The molecule has 0 unspecified atom stereocenters. The molecule has 27 heavy (non-hydrogen) atoms.